The molecule has 2 nitrogen and oxygen atoms in total. The van der Waals surface area contributed by atoms with E-state index in [0.717, 1.165) is 17.7 Å². The van der Waals surface area contributed by atoms with Crippen molar-refractivity contribution >= 4 is 40.1 Å². The average molecular weight is 339 g/mol. The molecule has 0 aliphatic heterocycles. The van der Waals surface area contributed by atoms with E-state index in [9.17, 15) is 0 Å². The van der Waals surface area contributed by atoms with Crippen LogP contribution in [0, 0.1) is 0 Å². The molecule has 0 spiro atoms. The molecule has 0 saturated heterocycles. The predicted molar refractivity (Wildman–Crippen MR) is 94.4 cm³/mol. The molecular formula is C16H16Cl2N2S. The first kappa shape index (κ1) is 16.2. The van der Waals surface area contributed by atoms with Gasteiger partial charge in [-0.1, -0.05) is 71.4 Å². The van der Waals surface area contributed by atoms with Crippen molar-refractivity contribution in [3.63, 3.8) is 0 Å². The van der Waals surface area contributed by atoms with Gasteiger partial charge >= 0.3 is 0 Å². The Balaban J connectivity index is 1.79. The summed E-state index contributed by atoms with van der Waals surface area (Å²) in [6, 6.07) is 15.8. The van der Waals surface area contributed by atoms with Crippen molar-refractivity contribution in [3.05, 3.63) is 69.7 Å². The molecule has 0 heterocycles. The normalized spacial score (nSPS) is 11.6. The quantitative estimate of drug-likeness (QED) is 0.629. The van der Waals surface area contributed by atoms with Gasteiger partial charge < -0.3 is 5.73 Å². The van der Waals surface area contributed by atoms with Crippen LogP contribution < -0.4 is 5.73 Å². The zero-order valence-electron chi connectivity index (χ0n) is 11.4. The maximum atomic E-state index is 5.98. The SMILES string of the molecule is NC(=NCCc1ccccc1)SCc1ccc(Cl)c(Cl)c1. The zero-order chi connectivity index (χ0) is 15.1. The van der Waals surface area contributed by atoms with Gasteiger partial charge in [0.15, 0.2) is 5.17 Å². The summed E-state index contributed by atoms with van der Waals surface area (Å²) >= 11 is 13.4. The van der Waals surface area contributed by atoms with Gasteiger partial charge in [0.05, 0.1) is 10.0 Å². The van der Waals surface area contributed by atoms with E-state index in [1.54, 1.807) is 6.07 Å². The maximum absolute atomic E-state index is 5.98. The second kappa shape index (κ2) is 8.32. The molecule has 0 bridgehead atoms. The number of benzene rings is 2. The van der Waals surface area contributed by atoms with E-state index in [1.807, 2.05) is 30.3 Å². The van der Waals surface area contributed by atoms with Crippen LogP contribution in [-0.2, 0) is 12.2 Å². The Bertz CT molecular complexity index is 615. The fourth-order valence-corrected chi connectivity index (χ4v) is 2.77. The molecule has 2 aromatic rings. The molecule has 0 radical (unpaired) electrons. The molecule has 0 atom stereocenters. The first-order valence-electron chi connectivity index (χ1n) is 6.56. The smallest absolute Gasteiger partial charge is 0.154 e. The fourth-order valence-electron chi connectivity index (χ4n) is 1.77. The van der Waals surface area contributed by atoms with E-state index >= 15 is 0 Å². The van der Waals surface area contributed by atoms with Crippen molar-refractivity contribution in [1.82, 2.24) is 0 Å². The van der Waals surface area contributed by atoms with E-state index in [0.29, 0.717) is 21.8 Å². The third kappa shape index (κ3) is 5.62. The van der Waals surface area contributed by atoms with Crippen LogP contribution in [0.3, 0.4) is 0 Å². The van der Waals surface area contributed by atoms with E-state index in [1.165, 1.54) is 17.3 Å². The first-order valence-corrected chi connectivity index (χ1v) is 8.30. The van der Waals surface area contributed by atoms with Gasteiger partial charge in [0.2, 0.25) is 0 Å². The van der Waals surface area contributed by atoms with Gasteiger partial charge in [0.1, 0.15) is 0 Å². The summed E-state index contributed by atoms with van der Waals surface area (Å²) in [7, 11) is 0. The molecule has 2 rings (SSSR count). The van der Waals surface area contributed by atoms with Gasteiger partial charge in [0, 0.05) is 12.3 Å². The number of nitrogens with two attached hydrogens (primary N) is 1. The van der Waals surface area contributed by atoms with Gasteiger partial charge in [-0.25, -0.2) is 0 Å². The molecular weight excluding hydrogens is 323 g/mol. The lowest BCUT2D eigenvalue weighted by Gasteiger charge is -2.04. The second-order valence-corrected chi connectivity index (χ2v) is 6.30. The minimum atomic E-state index is 0.564. The first-order chi connectivity index (χ1) is 10.1. The minimum Gasteiger partial charge on any atom is -0.379 e. The number of hydrogen-bond donors (Lipinski definition) is 1. The van der Waals surface area contributed by atoms with Gasteiger partial charge in [-0.15, -0.1) is 0 Å². The van der Waals surface area contributed by atoms with Crippen molar-refractivity contribution in [2.45, 2.75) is 12.2 Å². The predicted octanol–water partition coefficient (Wildman–Crippen LogP) is 4.78. The average Bonchev–Trinajstić information content (AvgIpc) is 2.49. The zero-order valence-corrected chi connectivity index (χ0v) is 13.8. The second-order valence-electron chi connectivity index (χ2n) is 4.49. The summed E-state index contributed by atoms with van der Waals surface area (Å²) in [4.78, 5) is 4.37. The highest BCUT2D eigenvalue weighted by Crippen LogP contribution is 2.24. The van der Waals surface area contributed by atoms with Gasteiger partial charge in [-0.3, -0.25) is 4.99 Å². The summed E-state index contributed by atoms with van der Waals surface area (Å²) in [5.74, 6) is 0.734. The molecule has 0 saturated carbocycles. The van der Waals surface area contributed by atoms with Gasteiger partial charge in [-0.05, 0) is 29.7 Å². The molecule has 21 heavy (non-hydrogen) atoms. The molecule has 0 fully saturated rings. The molecule has 0 unspecified atom stereocenters. The number of rotatable bonds is 5. The van der Waals surface area contributed by atoms with Gasteiger partial charge in [0.25, 0.3) is 0 Å². The van der Waals surface area contributed by atoms with E-state index < -0.39 is 0 Å². The summed E-state index contributed by atoms with van der Waals surface area (Å²) in [6.45, 7) is 0.699. The van der Waals surface area contributed by atoms with Crippen LogP contribution in [-0.4, -0.2) is 11.7 Å². The molecule has 2 aromatic carbocycles. The lowest BCUT2D eigenvalue weighted by atomic mass is 10.2. The molecule has 2 N–H and O–H groups in total. The number of aliphatic imine (C=N–C) groups is 1. The highest BCUT2D eigenvalue weighted by Gasteiger charge is 2.01. The highest BCUT2D eigenvalue weighted by molar-refractivity contribution is 8.13. The Morgan fingerprint density at radius 1 is 1.00 bits per heavy atom. The standard InChI is InChI=1S/C16H16Cl2N2S/c17-14-7-6-13(10-15(14)18)11-21-16(19)20-9-8-12-4-2-1-3-5-12/h1-7,10H,8-9,11H2,(H2,19,20). The van der Waals surface area contributed by atoms with Crippen LogP contribution >= 0.6 is 35.0 Å². The topological polar surface area (TPSA) is 38.4 Å². The largest absolute Gasteiger partial charge is 0.379 e. The lowest BCUT2D eigenvalue weighted by molar-refractivity contribution is 0.970. The summed E-state index contributed by atoms with van der Waals surface area (Å²) in [5.41, 5.74) is 8.25. The molecule has 0 aromatic heterocycles. The summed E-state index contributed by atoms with van der Waals surface area (Å²) in [5, 5.41) is 1.72. The number of hydrogen-bond acceptors (Lipinski definition) is 2. The highest BCUT2D eigenvalue weighted by atomic mass is 35.5. The third-order valence-corrected chi connectivity index (χ3v) is 4.52. The Labute approximate surface area is 139 Å². The van der Waals surface area contributed by atoms with E-state index in [4.69, 9.17) is 28.9 Å². The van der Waals surface area contributed by atoms with Crippen molar-refractivity contribution < 1.29 is 0 Å². The molecule has 0 aliphatic rings. The fraction of sp³-hybridized carbons (Fsp3) is 0.188. The monoisotopic (exact) mass is 338 g/mol. The molecule has 0 aliphatic carbocycles. The van der Waals surface area contributed by atoms with Crippen LogP contribution in [0.1, 0.15) is 11.1 Å². The van der Waals surface area contributed by atoms with Crippen molar-refractivity contribution in [3.8, 4) is 0 Å². The lowest BCUT2D eigenvalue weighted by Crippen LogP contribution is -2.08. The van der Waals surface area contributed by atoms with Crippen molar-refractivity contribution in [1.29, 1.82) is 0 Å². The summed E-state index contributed by atoms with van der Waals surface area (Å²) in [6.07, 6.45) is 0.898. The van der Waals surface area contributed by atoms with Crippen molar-refractivity contribution in [2.24, 2.45) is 10.7 Å². The third-order valence-electron chi connectivity index (χ3n) is 2.88. The number of thioether (sulfide) groups is 1. The van der Waals surface area contributed by atoms with Crippen LogP contribution in [0.2, 0.25) is 10.0 Å². The van der Waals surface area contributed by atoms with E-state index in [-0.39, 0.29) is 0 Å². The number of halogens is 2. The van der Waals surface area contributed by atoms with Gasteiger partial charge in [-0.2, -0.15) is 0 Å². The molecule has 5 heteroatoms. The van der Waals surface area contributed by atoms with Crippen LogP contribution in [0.4, 0.5) is 0 Å². The molecule has 110 valence electrons. The van der Waals surface area contributed by atoms with Crippen LogP contribution in [0.15, 0.2) is 53.5 Å². The Kier molecular flexibility index (Phi) is 6.43. The summed E-state index contributed by atoms with van der Waals surface area (Å²) < 4.78 is 0. The molecule has 0 amide bonds. The Hall–Kier alpha value is -1.16. The number of nitrogens with zero attached hydrogens (tertiary/aromatic N) is 1. The van der Waals surface area contributed by atoms with Crippen LogP contribution in [0.5, 0.6) is 0 Å². The van der Waals surface area contributed by atoms with Crippen LogP contribution in [0.25, 0.3) is 0 Å². The van der Waals surface area contributed by atoms with Crippen molar-refractivity contribution in [2.75, 3.05) is 6.54 Å². The Morgan fingerprint density at radius 3 is 2.48 bits per heavy atom. The maximum Gasteiger partial charge on any atom is 0.154 e. The minimum absolute atomic E-state index is 0.564. The van der Waals surface area contributed by atoms with E-state index in [2.05, 4.69) is 17.1 Å². The Morgan fingerprint density at radius 2 is 1.76 bits per heavy atom. The number of amidine groups is 1.